The molecule has 0 radical (unpaired) electrons. The lowest BCUT2D eigenvalue weighted by molar-refractivity contribution is -0.128. The lowest BCUT2D eigenvalue weighted by atomic mass is 10.0. The Bertz CT molecular complexity index is 733. The summed E-state index contributed by atoms with van der Waals surface area (Å²) >= 11 is 0. The van der Waals surface area contributed by atoms with Crippen LogP contribution < -0.4 is 5.32 Å². The van der Waals surface area contributed by atoms with E-state index in [0.29, 0.717) is 13.0 Å². The van der Waals surface area contributed by atoms with Crippen LogP contribution in [0.4, 0.5) is 4.79 Å². The van der Waals surface area contributed by atoms with Gasteiger partial charge in [-0.3, -0.25) is 14.7 Å². The molecule has 3 amide bonds. The maximum atomic E-state index is 12.4. The molecule has 2 aromatic rings. The minimum atomic E-state index is -0.501. The van der Waals surface area contributed by atoms with Gasteiger partial charge in [0.1, 0.15) is 6.04 Å². The molecule has 124 valence electrons. The Kier molecular flexibility index (Phi) is 4.86. The fourth-order valence-electron chi connectivity index (χ4n) is 2.72. The number of ether oxygens (including phenoxy) is 1. The van der Waals surface area contributed by atoms with Crippen LogP contribution in [0.1, 0.15) is 12.0 Å². The number of amides is 3. The van der Waals surface area contributed by atoms with Gasteiger partial charge < -0.3 is 10.1 Å². The Morgan fingerprint density at radius 3 is 2.79 bits per heavy atom. The maximum Gasteiger partial charge on any atom is 0.325 e. The molecule has 1 aromatic carbocycles. The maximum absolute atomic E-state index is 12.4. The molecule has 1 aromatic heterocycles. The summed E-state index contributed by atoms with van der Waals surface area (Å²) in [6.07, 6.45) is 3.99. The highest BCUT2D eigenvalue weighted by Gasteiger charge is 2.37. The van der Waals surface area contributed by atoms with Gasteiger partial charge in [-0.1, -0.05) is 24.3 Å². The van der Waals surface area contributed by atoms with E-state index in [1.807, 2.05) is 36.4 Å². The van der Waals surface area contributed by atoms with Crippen LogP contribution in [0.3, 0.4) is 0 Å². The van der Waals surface area contributed by atoms with E-state index in [1.54, 1.807) is 19.5 Å². The highest BCUT2D eigenvalue weighted by molar-refractivity contribution is 6.04. The molecule has 6 nitrogen and oxygen atoms in total. The molecule has 1 saturated heterocycles. The number of nitrogens with one attached hydrogen (secondary N) is 1. The summed E-state index contributed by atoms with van der Waals surface area (Å²) in [7, 11) is 1.57. The molecule has 0 saturated carbocycles. The zero-order valence-corrected chi connectivity index (χ0v) is 13.4. The summed E-state index contributed by atoms with van der Waals surface area (Å²) in [5, 5.41) is 2.70. The third-order valence-electron chi connectivity index (χ3n) is 3.98. The van der Waals surface area contributed by atoms with Crippen LogP contribution >= 0.6 is 0 Å². The topological polar surface area (TPSA) is 71.5 Å². The van der Waals surface area contributed by atoms with Crippen LogP contribution in [0.25, 0.3) is 11.1 Å². The fourth-order valence-corrected chi connectivity index (χ4v) is 2.72. The number of benzene rings is 1. The molecule has 0 aliphatic carbocycles. The Labute approximate surface area is 140 Å². The first-order valence-corrected chi connectivity index (χ1v) is 7.79. The average molecular weight is 325 g/mol. The SMILES string of the molecule is COCCC1NC(=O)N(Cc2cccc(-c3cccnc3)c2)C1=O. The van der Waals surface area contributed by atoms with E-state index in [4.69, 9.17) is 4.74 Å². The summed E-state index contributed by atoms with van der Waals surface area (Å²) in [5.74, 6) is -0.205. The number of carbonyl (C=O) groups is 2. The van der Waals surface area contributed by atoms with Crippen molar-refractivity contribution in [3.8, 4) is 11.1 Å². The number of imide groups is 1. The van der Waals surface area contributed by atoms with Crippen molar-refractivity contribution in [1.29, 1.82) is 0 Å². The van der Waals surface area contributed by atoms with Crippen molar-refractivity contribution in [3.63, 3.8) is 0 Å². The standard InChI is InChI=1S/C18H19N3O3/c1-24-9-7-16-17(22)21(18(23)20-16)12-13-4-2-5-14(10-13)15-6-3-8-19-11-15/h2-6,8,10-11,16H,7,9,12H2,1H3,(H,20,23). The van der Waals surface area contributed by atoms with Gasteiger partial charge in [0.15, 0.2) is 0 Å². The lowest BCUT2D eigenvalue weighted by Crippen LogP contribution is -2.31. The molecule has 1 fully saturated rings. The van der Waals surface area contributed by atoms with E-state index in [0.717, 1.165) is 16.7 Å². The molecule has 1 N–H and O–H groups in total. The molecule has 1 aliphatic rings. The number of carbonyl (C=O) groups excluding carboxylic acids is 2. The molecule has 1 aliphatic heterocycles. The van der Waals surface area contributed by atoms with Gasteiger partial charge in [0.25, 0.3) is 5.91 Å². The monoisotopic (exact) mass is 325 g/mol. The van der Waals surface area contributed by atoms with E-state index < -0.39 is 6.04 Å². The fraction of sp³-hybridized carbons (Fsp3) is 0.278. The Morgan fingerprint density at radius 2 is 2.04 bits per heavy atom. The van der Waals surface area contributed by atoms with Gasteiger partial charge in [0, 0.05) is 32.5 Å². The van der Waals surface area contributed by atoms with Crippen molar-refractivity contribution >= 4 is 11.9 Å². The first-order chi connectivity index (χ1) is 11.7. The highest BCUT2D eigenvalue weighted by Crippen LogP contribution is 2.21. The van der Waals surface area contributed by atoms with Crippen molar-refractivity contribution in [3.05, 3.63) is 54.4 Å². The van der Waals surface area contributed by atoms with Crippen molar-refractivity contribution in [1.82, 2.24) is 15.2 Å². The predicted molar refractivity (Wildman–Crippen MR) is 89.0 cm³/mol. The number of methoxy groups -OCH3 is 1. The number of hydrogen-bond acceptors (Lipinski definition) is 4. The Hall–Kier alpha value is -2.73. The Morgan fingerprint density at radius 1 is 1.21 bits per heavy atom. The Balaban J connectivity index is 1.74. The minimum absolute atomic E-state index is 0.205. The quantitative estimate of drug-likeness (QED) is 0.827. The summed E-state index contributed by atoms with van der Waals surface area (Å²) in [4.78, 5) is 29.8. The number of rotatable bonds is 6. The second-order valence-electron chi connectivity index (χ2n) is 5.65. The summed E-state index contributed by atoms with van der Waals surface area (Å²) in [6, 6.07) is 10.8. The van der Waals surface area contributed by atoms with Crippen LogP contribution in [0.2, 0.25) is 0 Å². The molecule has 24 heavy (non-hydrogen) atoms. The minimum Gasteiger partial charge on any atom is -0.385 e. The largest absolute Gasteiger partial charge is 0.385 e. The first-order valence-electron chi connectivity index (χ1n) is 7.79. The van der Waals surface area contributed by atoms with Crippen molar-refractivity contribution in [2.24, 2.45) is 0 Å². The van der Waals surface area contributed by atoms with Gasteiger partial charge in [-0.15, -0.1) is 0 Å². The van der Waals surface area contributed by atoms with E-state index in [-0.39, 0.29) is 18.5 Å². The van der Waals surface area contributed by atoms with Gasteiger partial charge in [-0.25, -0.2) is 4.79 Å². The van der Waals surface area contributed by atoms with Gasteiger partial charge in [-0.05, 0) is 28.8 Å². The zero-order valence-electron chi connectivity index (χ0n) is 13.4. The third-order valence-corrected chi connectivity index (χ3v) is 3.98. The molecule has 1 unspecified atom stereocenters. The van der Waals surface area contributed by atoms with Crippen molar-refractivity contribution in [2.45, 2.75) is 19.0 Å². The normalized spacial score (nSPS) is 17.2. The van der Waals surface area contributed by atoms with E-state index in [1.165, 1.54) is 4.90 Å². The summed E-state index contributed by atoms with van der Waals surface area (Å²) < 4.78 is 4.98. The van der Waals surface area contributed by atoms with Crippen molar-refractivity contribution < 1.29 is 14.3 Å². The number of pyridine rings is 1. The van der Waals surface area contributed by atoms with Crippen LogP contribution in [-0.2, 0) is 16.1 Å². The second kappa shape index (κ2) is 7.23. The molecule has 0 bridgehead atoms. The molecule has 3 rings (SSSR count). The van der Waals surface area contributed by atoms with Crippen molar-refractivity contribution in [2.75, 3.05) is 13.7 Å². The molecule has 6 heteroatoms. The van der Waals surface area contributed by atoms with E-state index in [9.17, 15) is 9.59 Å². The first kappa shape index (κ1) is 16.1. The van der Waals surface area contributed by atoms with Gasteiger partial charge in [-0.2, -0.15) is 0 Å². The number of urea groups is 1. The van der Waals surface area contributed by atoms with Crippen LogP contribution in [0, 0.1) is 0 Å². The van der Waals surface area contributed by atoms with E-state index in [2.05, 4.69) is 10.3 Å². The molecule has 2 heterocycles. The molecule has 1 atom stereocenters. The van der Waals surface area contributed by atoms with Crippen LogP contribution in [0.5, 0.6) is 0 Å². The number of nitrogens with zero attached hydrogens (tertiary/aromatic N) is 2. The molecular formula is C18H19N3O3. The highest BCUT2D eigenvalue weighted by atomic mass is 16.5. The van der Waals surface area contributed by atoms with Gasteiger partial charge in [0.05, 0.1) is 6.54 Å². The smallest absolute Gasteiger partial charge is 0.325 e. The van der Waals surface area contributed by atoms with Gasteiger partial charge >= 0.3 is 6.03 Å². The van der Waals surface area contributed by atoms with Gasteiger partial charge in [0.2, 0.25) is 0 Å². The number of hydrogen-bond donors (Lipinski definition) is 1. The average Bonchev–Trinajstić information content (AvgIpc) is 2.88. The van der Waals surface area contributed by atoms with Crippen LogP contribution in [0.15, 0.2) is 48.8 Å². The predicted octanol–water partition coefficient (Wildman–Crippen LogP) is 2.21. The molecular weight excluding hydrogens is 306 g/mol. The molecule has 0 spiro atoms. The number of aromatic nitrogens is 1. The second-order valence-corrected chi connectivity index (χ2v) is 5.65. The van der Waals surface area contributed by atoms with Crippen LogP contribution in [-0.4, -0.2) is 41.6 Å². The van der Waals surface area contributed by atoms with E-state index >= 15 is 0 Å². The summed E-state index contributed by atoms with van der Waals surface area (Å²) in [5.41, 5.74) is 2.89. The summed E-state index contributed by atoms with van der Waals surface area (Å²) in [6.45, 7) is 0.684. The lowest BCUT2D eigenvalue weighted by Gasteiger charge is -2.14. The zero-order chi connectivity index (χ0) is 16.9. The third kappa shape index (κ3) is 3.44.